The lowest BCUT2D eigenvalue weighted by Crippen LogP contribution is -2.23. The Morgan fingerprint density at radius 2 is 2.26 bits per heavy atom. The van der Waals surface area contributed by atoms with Gasteiger partial charge < -0.3 is 14.4 Å². The predicted molar refractivity (Wildman–Crippen MR) is 66.7 cm³/mol. The lowest BCUT2D eigenvalue weighted by atomic mass is 9.90. The molecule has 1 aromatic rings. The molecule has 2 rings (SSSR count). The molecule has 0 spiro atoms. The van der Waals surface area contributed by atoms with Crippen LogP contribution in [0.15, 0.2) is 0 Å². The van der Waals surface area contributed by atoms with Gasteiger partial charge >= 0.3 is 11.9 Å². The van der Waals surface area contributed by atoms with Crippen LogP contribution >= 0.6 is 0 Å². The van der Waals surface area contributed by atoms with Crippen LogP contribution in [0.4, 0.5) is 0 Å². The average Bonchev–Trinajstić information content (AvgIpc) is 2.64. The first-order valence-corrected chi connectivity index (χ1v) is 6.40. The second kappa shape index (κ2) is 5.42. The van der Waals surface area contributed by atoms with Crippen molar-refractivity contribution in [3.8, 4) is 0 Å². The van der Waals surface area contributed by atoms with Crippen LogP contribution in [0.3, 0.4) is 0 Å². The van der Waals surface area contributed by atoms with E-state index in [1.165, 1.54) is 6.92 Å². The lowest BCUT2D eigenvalue weighted by molar-refractivity contribution is -0.142. The maximum atomic E-state index is 11.0. The first kappa shape index (κ1) is 13.6. The fourth-order valence-electron chi connectivity index (χ4n) is 2.55. The van der Waals surface area contributed by atoms with Gasteiger partial charge in [-0.3, -0.25) is 9.59 Å². The van der Waals surface area contributed by atoms with Gasteiger partial charge in [0.2, 0.25) is 0 Å². The van der Waals surface area contributed by atoms with E-state index in [1.54, 1.807) is 0 Å². The molecule has 1 atom stereocenters. The zero-order valence-electron chi connectivity index (χ0n) is 11.2. The molecule has 1 N–H and O–H groups in total. The number of carbonyl (C=O) groups excluding carboxylic acids is 1. The highest BCUT2D eigenvalue weighted by atomic mass is 16.5. The monoisotopic (exact) mass is 266 g/mol. The van der Waals surface area contributed by atoms with E-state index in [-0.39, 0.29) is 11.9 Å². The Hall–Kier alpha value is -1.85. The third kappa shape index (κ3) is 2.94. The van der Waals surface area contributed by atoms with Gasteiger partial charge in [0.15, 0.2) is 0 Å². The number of nitrogens with zero attached hydrogens (tertiary/aromatic N) is 2. The van der Waals surface area contributed by atoms with Crippen molar-refractivity contribution in [3.05, 3.63) is 17.2 Å². The normalized spacial score (nSPS) is 17.9. The number of imidazole rings is 1. The molecule has 1 aromatic heterocycles. The van der Waals surface area contributed by atoms with Gasteiger partial charge in [0.25, 0.3) is 0 Å². The molecule has 0 unspecified atom stereocenters. The molecule has 19 heavy (non-hydrogen) atoms. The minimum Gasteiger partial charge on any atom is -0.481 e. The Balaban J connectivity index is 2.10. The molecule has 0 saturated heterocycles. The second-order valence-electron chi connectivity index (χ2n) is 4.82. The highest BCUT2D eigenvalue weighted by molar-refractivity contribution is 5.70. The zero-order chi connectivity index (χ0) is 14.0. The van der Waals surface area contributed by atoms with Crippen molar-refractivity contribution < 1.29 is 19.4 Å². The smallest absolute Gasteiger partial charge is 0.306 e. The van der Waals surface area contributed by atoms with Crippen LogP contribution in [0.1, 0.15) is 30.6 Å². The topological polar surface area (TPSA) is 81.4 Å². The van der Waals surface area contributed by atoms with E-state index >= 15 is 0 Å². The minimum atomic E-state index is -0.752. The van der Waals surface area contributed by atoms with Crippen molar-refractivity contribution in [2.45, 2.75) is 39.7 Å². The van der Waals surface area contributed by atoms with Crippen LogP contribution in [-0.4, -0.2) is 33.2 Å². The molecule has 0 amide bonds. The number of hydrogen-bond donors (Lipinski definition) is 1. The number of carboxylic acid groups (broad SMARTS) is 1. The maximum Gasteiger partial charge on any atom is 0.306 e. The molecular formula is C13H18N2O4. The van der Waals surface area contributed by atoms with E-state index in [0.717, 1.165) is 17.2 Å². The van der Waals surface area contributed by atoms with E-state index < -0.39 is 5.97 Å². The van der Waals surface area contributed by atoms with Gasteiger partial charge in [0, 0.05) is 19.0 Å². The molecule has 0 fully saturated rings. The fourth-order valence-corrected chi connectivity index (χ4v) is 2.55. The minimum absolute atomic E-state index is 0.294. The Morgan fingerprint density at radius 3 is 2.89 bits per heavy atom. The largest absolute Gasteiger partial charge is 0.481 e. The third-order valence-electron chi connectivity index (χ3n) is 3.49. The summed E-state index contributed by atoms with van der Waals surface area (Å²) in [5.74, 6) is -0.526. The molecule has 1 aliphatic rings. The lowest BCUT2D eigenvalue weighted by Gasteiger charge is -2.19. The summed E-state index contributed by atoms with van der Waals surface area (Å²) in [5.41, 5.74) is 1.96. The number of carbonyl (C=O) groups is 2. The van der Waals surface area contributed by atoms with Crippen LogP contribution in [0.25, 0.3) is 0 Å². The molecule has 0 aromatic carbocycles. The molecule has 6 heteroatoms. The van der Waals surface area contributed by atoms with Crippen LogP contribution in [-0.2, 0) is 33.7 Å². The summed E-state index contributed by atoms with van der Waals surface area (Å²) >= 11 is 0. The highest BCUT2D eigenvalue weighted by Gasteiger charge is 2.28. The number of aromatic nitrogens is 2. The van der Waals surface area contributed by atoms with Crippen molar-refractivity contribution in [1.82, 2.24) is 9.55 Å². The van der Waals surface area contributed by atoms with Gasteiger partial charge in [-0.1, -0.05) is 0 Å². The number of hydrogen-bond acceptors (Lipinski definition) is 4. The number of ether oxygens (including phenoxy) is 1. The number of rotatable bonds is 4. The number of carboxylic acids is 1. The number of aryl methyl sites for hydroxylation is 1. The van der Waals surface area contributed by atoms with E-state index in [0.29, 0.717) is 32.4 Å². The van der Waals surface area contributed by atoms with Crippen LogP contribution in [0.5, 0.6) is 0 Å². The average molecular weight is 266 g/mol. The summed E-state index contributed by atoms with van der Waals surface area (Å²) < 4.78 is 6.96. The van der Waals surface area contributed by atoms with Gasteiger partial charge in [0.05, 0.1) is 18.2 Å². The third-order valence-corrected chi connectivity index (χ3v) is 3.49. The van der Waals surface area contributed by atoms with Gasteiger partial charge in [-0.15, -0.1) is 0 Å². The summed E-state index contributed by atoms with van der Waals surface area (Å²) in [6, 6.07) is 0. The van der Waals surface area contributed by atoms with Gasteiger partial charge in [-0.05, 0) is 19.8 Å². The molecule has 1 heterocycles. The van der Waals surface area contributed by atoms with Crippen molar-refractivity contribution in [2.24, 2.45) is 5.92 Å². The van der Waals surface area contributed by atoms with E-state index in [2.05, 4.69) is 4.98 Å². The Labute approximate surface area is 111 Å². The summed E-state index contributed by atoms with van der Waals surface area (Å²) in [4.78, 5) is 26.2. The Kier molecular flexibility index (Phi) is 3.87. The van der Waals surface area contributed by atoms with Crippen LogP contribution in [0, 0.1) is 12.8 Å². The standard InChI is InChI=1S/C13H18N2O4/c1-8-14-11-7-10(13(17)18)3-4-12(11)15(8)5-6-19-9(2)16/h10H,3-7H2,1-2H3,(H,17,18)/t10-/m0/s1. The molecule has 0 radical (unpaired) electrons. The van der Waals surface area contributed by atoms with Gasteiger partial charge in [-0.2, -0.15) is 0 Å². The predicted octanol–water partition coefficient (Wildman–Crippen LogP) is 0.944. The second-order valence-corrected chi connectivity index (χ2v) is 4.82. The molecule has 0 bridgehead atoms. The van der Waals surface area contributed by atoms with Crippen molar-refractivity contribution in [3.63, 3.8) is 0 Å². The molecule has 1 aliphatic carbocycles. The summed E-state index contributed by atoms with van der Waals surface area (Å²) in [6.07, 6.45) is 1.85. The summed E-state index contributed by atoms with van der Waals surface area (Å²) in [7, 11) is 0. The summed E-state index contributed by atoms with van der Waals surface area (Å²) in [5, 5.41) is 9.05. The van der Waals surface area contributed by atoms with Crippen LogP contribution in [0.2, 0.25) is 0 Å². The number of esters is 1. The molecular weight excluding hydrogens is 248 g/mol. The van der Waals surface area contributed by atoms with Gasteiger partial charge in [0.1, 0.15) is 12.4 Å². The Bertz CT molecular complexity index is 507. The molecule has 0 aliphatic heterocycles. The van der Waals surface area contributed by atoms with Crippen molar-refractivity contribution >= 4 is 11.9 Å². The maximum absolute atomic E-state index is 11.0. The Morgan fingerprint density at radius 1 is 1.53 bits per heavy atom. The highest BCUT2D eigenvalue weighted by Crippen LogP contribution is 2.26. The number of aliphatic carboxylic acids is 1. The van der Waals surface area contributed by atoms with Crippen LogP contribution < -0.4 is 0 Å². The van der Waals surface area contributed by atoms with Crippen molar-refractivity contribution in [2.75, 3.05) is 6.61 Å². The number of fused-ring (bicyclic) bond motifs is 1. The molecule has 0 saturated carbocycles. The van der Waals surface area contributed by atoms with Crippen molar-refractivity contribution in [1.29, 1.82) is 0 Å². The van der Waals surface area contributed by atoms with E-state index in [4.69, 9.17) is 9.84 Å². The molecule has 104 valence electrons. The first-order valence-electron chi connectivity index (χ1n) is 6.40. The molecule has 6 nitrogen and oxygen atoms in total. The fraction of sp³-hybridized carbons (Fsp3) is 0.615. The van der Waals surface area contributed by atoms with E-state index in [1.807, 2.05) is 11.5 Å². The first-order chi connectivity index (χ1) is 8.99. The van der Waals surface area contributed by atoms with E-state index in [9.17, 15) is 9.59 Å². The SMILES string of the molecule is CC(=O)OCCn1c(C)nc2c1CC[C@H](C(=O)O)C2. The summed E-state index contributed by atoms with van der Waals surface area (Å²) in [6.45, 7) is 4.17. The van der Waals surface area contributed by atoms with Gasteiger partial charge in [-0.25, -0.2) is 4.98 Å². The quantitative estimate of drug-likeness (QED) is 0.820. The zero-order valence-corrected chi connectivity index (χ0v) is 11.2.